The molecule has 90 valence electrons. The third-order valence-electron chi connectivity index (χ3n) is 2.53. The monoisotopic (exact) mass is 303 g/mol. The van der Waals surface area contributed by atoms with Crippen LogP contribution in [0.3, 0.4) is 0 Å². The molecule has 0 saturated heterocycles. The number of benzene rings is 2. The van der Waals surface area contributed by atoms with E-state index in [1.54, 1.807) is 6.07 Å². The average Bonchev–Trinajstić information content (AvgIpc) is 2.38. The summed E-state index contributed by atoms with van der Waals surface area (Å²) in [7, 11) is 0. The third-order valence-corrected chi connectivity index (χ3v) is 3.02. The molecule has 0 spiro atoms. The quantitative estimate of drug-likeness (QED) is 0.839. The highest BCUT2D eigenvalue weighted by molar-refractivity contribution is 9.10. The van der Waals surface area contributed by atoms with E-state index in [9.17, 15) is 4.39 Å². The van der Waals surface area contributed by atoms with E-state index in [-0.39, 0.29) is 5.82 Å². The minimum absolute atomic E-state index is 0.232. The predicted molar refractivity (Wildman–Crippen MR) is 75.8 cm³/mol. The highest BCUT2D eigenvalue weighted by atomic mass is 79.9. The first kappa shape index (κ1) is 12.7. The fourth-order valence-electron chi connectivity index (χ4n) is 1.58. The second-order valence-electron chi connectivity index (χ2n) is 3.81. The van der Waals surface area contributed by atoms with Crippen molar-refractivity contribution in [1.29, 1.82) is 0 Å². The summed E-state index contributed by atoms with van der Waals surface area (Å²) in [4.78, 5) is 0. The van der Waals surface area contributed by atoms with Gasteiger partial charge in [-0.1, -0.05) is 34.0 Å². The van der Waals surface area contributed by atoms with Crippen LogP contribution in [0, 0.1) is 18.2 Å². The number of anilines is 1. The largest absolute Gasteiger partial charge is 0.381 e. The van der Waals surface area contributed by atoms with E-state index in [1.165, 1.54) is 6.07 Å². The molecular weight excluding hydrogens is 293 g/mol. The number of hydrogen-bond acceptors (Lipinski definition) is 1. The Morgan fingerprint density at radius 3 is 2.78 bits per heavy atom. The summed E-state index contributed by atoms with van der Waals surface area (Å²) in [6.07, 6.45) is 5.32. The minimum atomic E-state index is -0.232. The smallest absolute Gasteiger partial charge is 0.129 e. The Kier molecular flexibility index (Phi) is 4.01. The maximum Gasteiger partial charge on any atom is 0.129 e. The zero-order valence-electron chi connectivity index (χ0n) is 9.58. The average molecular weight is 304 g/mol. The van der Waals surface area contributed by atoms with Crippen molar-refractivity contribution < 1.29 is 4.39 Å². The van der Waals surface area contributed by atoms with Crippen molar-refractivity contribution in [1.82, 2.24) is 0 Å². The molecule has 0 aliphatic rings. The van der Waals surface area contributed by atoms with Crippen molar-refractivity contribution in [3.05, 3.63) is 63.9 Å². The van der Waals surface area contributed by atoms with Crippen LogP contribution in [0.15, 0.2) is 46.9 Å². The van der Waals surface area contributed by atoms with Crippen molar-refractivity contribution in [2.75, 3.05) is 5.32 Å². The summed E-state index contributed by atoms with van der Waals surface area (Å²) in [5, 5.41) is 3.15. The number of rotatable bonds is 3. The van der Waals surface area contributed by atoms with Gasteiger partial charge in [0.2, 0.25) is 0 Å². The van der Waals surface area contributed by atoms with Crippen LogP contribution in [0.2, 0.25) is 0 Å². The van der Waals surface area contributed by atoms with E-state index in [0.717, 1.165) is 15.7 Å². The molecule has 0 fully saturated rings. The van der Waals surface area contributed by atoms with E-state index in [1.807, 2.05) is 30.3 Å². The van der Waals surface area contributed by atoms with Gasteiger partial charge in [0, 0.05) is 27.8 Å². The summed E-state index contributed by atoms with van der Waals surface area (Å²) in [5.74, 6) is 2.33. The van der Waals surface area contributed by atoms with Crippen molar-refractivity contribution in [3.63, 3.8) is 0 Å². The summed E-state index contributed by atoms with van der Waals surface area (Å²) in [6.45, 7) is 0.424. The molecule has 0 amide bonds. The van der Waals surface area contributed by atoms with Gasteiger partial charge in [0.05, 0.1) is 0 Å². The standard InChI is InChI=1S/C15H11BrFN/c1-2-11-4-3-5-14(8-11)18-10-12-6-7-13(16)9-15(12)17/h1,3-9,18H,10H2. The molecule has 1 nitrogen and oxygen atoms in total. The van der Waals surface area contributed by atoms with E-state index in [0.29, 0.717) is 12.1 Å². The van der Waals surface area contributed by atoms with Gasteiger partial charge >= 0.3 is 0 Å². The van der Waals surface area contributed by atoms with Gasteiger partial charge in [0.15, 0.2) is 0 Å². The molecule has 0 bridgehead atoms. The van der Waals surface area contributed by atoms with Crippen LogP contribution >= 0.6 is 15.9 Å². The molecule has 2 rings (SSSR count). The fraction of sp³-hybridized carbons (Fsp3) is 0.0667. The summed E-state index contributed by atoms with van der Waals surface area (Å²) < 4.78 is 14.3. The van der Waals surface area contributed by atoms with E-state index in [2.05, 4.69) is 27.2 Å². The van der Waals surface area contributed by atoms with Crippen molar-refractivity contribution in [2.45, 2.75) is 6.54 Å². The second kappa shape index (κ2) is 5.70. The molecule has 0 aliphatic heterocycles. The summed E-state index contributed by atoms with van der Waals surface area (Å²) in [6, 6.07) is 12.5. The topological polar surface area (TPSA) is 12.0 Å². The molecule has 0 heterocycles. The molecule has 18 heavy (non-hydrogen) atoms. The van der Waals surface area contributed by atoms with Crippen molar-refractivity contribution >= 4 is 21.6 Å². The lowest BCUT2D eigenvalue weighted by molar-refractivity contribution is 0.612. The second-order valence-corrected chi connectivity index (χ2v) is 4.73. The minimum Gasteiger partial charge on any atom is -0.381 e. The van der Waals surface area contributed by atoms with Crippen LogP contribution in [0.4, 0.5) is 10.1 Å². The van der Waals surface area contributed by atoms with Gasteiger partial charge in [-0.25, -0.2) is 4.39 Å². The SMILES string of the molecule is C#Cc1cccc(NCc2ccc(Br)cc2F)c1. The molecule has 0 saturated carbocycles. The molecular formula is C15H11BrFN. The molecule has 3 heteroatoms. The van der Waals surface area contributed by atoms with Gasteiger partial charge in [-0.05, 0) is 30.3 Å². The lowest BCUT2D eigenvalue weighted by Crippen LogP contribution is -2.01. The Hall–Kier alpha value is -1.79. The first-order chi connectivity index (χ1) is 8.69. The molecule has 0 aliphatic carbocycles. The maximum absolute atomic E-state index is 13.6. The number of nitrogens with one attached hydrogen (secondary N) is 1. The van der Waals surface area contributed by atoms with Crippen LogP contribution in [-0.4, -0.2) is 0 Å². The van der Waals surface area contributed by atoms with Crippen molar-refractivity contribution in [3.8, 4) is 12.3 Å². The number of hydrogen-bond donors (Lipinski definition) is 1. The third kappa shape index (κ3) is 3.12. The molecule has 0 unspecified atom stereocenters. The predicted octanol–water partition coefficient (Wildman–Crippen LogP) is 4.18. The van der Waals surface area contributed by atoms with Crippen LogP contribution in [-0.2, 0) is 6.54 Å². The lowest BCUT2D eigenvalue weighted by Gasteiger charge is -2.08. The van der Waals surface area contributed by atoms with E-state index in [4.69, 9.17) is 6.42 Å². The van der Waals surface area contributed by atoms with Gasteiger partial charge in [-0.3, -0.25) is 0 Å². The van der Waals surface area contributed by atoms with Gasteiger partial charge in [0.25, 0.3) is 0 Å². The van der Waals surface area contributed by atoms with Crippen LogP contribution < -0.4 is 5.32 Å². The Balaban J connectivity index is 2.09. The normalized spacial score (nSPS) is 9.83. The summed E-state index contributed by atoms with van der Waals surface area (Å²) >= 11 is 3.23. The number of halogens is 2. The highest BCUT2D eigenvalue weighted by Crippen LogP contribution is 2.17. The molecule has 2 aromatic rings. The molecule has 0 atom stereocenters. The first-order valence-corrected chi connectivity index (χ1v) is 6.23. The Morgan fingerprint density at radius 1 is 1.22 bits per heavy atom. The summed E-state index contributed by atoms with van der Waals surface area (Å²) in [5.41, 5.74) is 2.30. The zero-order chi connectivity index (χ0) is 13.0. The number of terminal acetylenes is 1. The molecule has 1 N–H and O–H groups in total. The van der Waals surface area contributed by atoms with Gasteiger partial charge < -0.3 is 5.32 Å². The maximum atomic E-state index is 13.6. The fourth-order valence-corrected chi connectivity index (χ4v) is 1.91. The molecule has 2 aromatic carbocycles. The zero-order valence-corrected chi connectivity index (χ0v) is 11.2. The Morgan fingerprint density at radius 2 is 2.06 bits per heavy atom. The van der Waals surface area contributed by atoms with Crippen LogP contribution in [0.5, 0.6) is 0 Å². The molecule has 0 radical (unpaired) electrons. The Labute approximate surface area is 114 Å². The highest BCUT2D eigenvalue weighted by Gasteiger charge is 2.02. The van der Waals surface area contributed by atoms with E-state index < -0.39 is 0 Å². The van der Waals surface area contributed by atoms with Crippen LogP contribution in [0.1, 0.15) is 11.1 Å². The van der Waals surface area contributed by atoms with Gasteiger partial charge in [-0.2, -0.15) is 0 Å². The first-order valence-electron chi connectivity index (χ1n) is 5.43. The van der Waals surface area contributed by atoms with E-state index >= 15 is 0 Å². The molecule has 0 aromatic heterocycles. The van der Waals surface area contributed by atoms with Gasteiger partial charge in [0.1, 0.15) is 5.82 Å². The van der Waals surface area contributed by atoms with Crippen LogP contribution in [0.25, 0.3) is 0 Å². The Bertz CT molecular complexity index is 602. The van der Waals surface area contributed by atoms with Gasteiger partial charge in [-0.15, -0.1) is 6.42 Å². The van der Waals surface area contributed by atoms with Crippen molar-refractivity contribution in [2.24, 2.45) is 0 Å². The lowest BCUT2D eigenvalue weighted by atomic mass is 10.2.